The van der Waals surface area contributed by atoms with Gasteiger partial charge in [0.25, 0.3) is 0 Å². The minimum atomic E-state index is 0.116. The minimum Gasteiger partial charge on any atom is -0.338 e. The molecule has 2 fully saturated rings. The number of rotatable bonds is 7. The van der Waals surface area contributed by atoms with Crippen molar-refractivity contribution in [2.75, 3.05) is 52.4 Å². The van der Waals surface area contributed by atoms with Gasteiger partial charge >= 0.3 is 6.03 Å². The molecule has 2 amide bonds. The quantitative estimate of drug-likeness (QED) is 0.756. The van der Waals surface area contributed by atoms with E-state index in [-0.39, 0.29) is 12.1 Å². The standard InChI is InChI=1S/C19H32N4OS/c1-2-21-11-13-22(14-12-21)9-4-3-8-20-19(24)23-10-5-6-18(23)17-7-15-25-16-17/h7,15-16,18H,2-6,8-14H2,1H3,(H,20,24). The molecule has 0 spiro atoms. The number of unbranched alkanes of at least 4 members (excludes halogenated alkanes) is 1. The molecule has 2 aliphatic heterocycles. The number of hydrogen-bond acceptors (Lipinski definition) is 4. The predicted octanol–water partition coefficient (Wildman–Crippen LogP) is 3.01. The molecule has 3 rings (SSSR count). The second-order valence-corrected chi connectivity index (χ2v) is 7.90. The van der Waals surface area contributed by atoms with E-state index in [2.05, 4.69) is 38.9 Å². The van der Waals surface area contributed by atoms with Gasteiger partial charge in [-0.1, -0.05) is 6.92 Å². The van der Waals surface area contributed by atoms with E-state index in [4.69, 9.17) is 0 Å². The number of nitrogens with one attached hydrogen (secondary N) is 1. The molecule has 2 saturated heterocycles. The molecule has 1 aromatic rings. The van der Waals surface area contributed by atoms with Gasteiger partial charge in [-0.05, 0) is 61.2 Å². The maximum Gasteiger partial charge on any atom is 0.317 e. The summed E-state index contributed by atoms with van der Waals surface area (Å²) in [6.45, 7) is 11.0. The highest BCUT2D eigenvalue weighted by molar-refractivity contribution is 7.07. The zero-order chi connectivity index (χ0) is 17.5. The smallest absolute Gasteiger partial charge is 0.317 e. The van der Waals surface area contributed by atoms with Gasteiger partial charge in [0.2, 0.25) is 0 Å². The summed E-state index contributed by atoms with van der Waals surface area (Å²) in [4.78, 5) is 19.6. The van der Waals surface area contributed by atoms with Gasteiger partial charge in [-0.15, -0.1) is 0 Å². The van der Waals surface area contributed by atoms with Gasteiger partial charge in [-0.3, -0.25) is 0 Å². The van der Waals surface area contributed by atoms with Crippen molar-refractivity contribution in [2.45, 2.75) is 38.6 Å². The van der Waals surface area contributed by atoms with Crippen molar-refractivity contribution in [3.8, 4) is 0 Å². The Morgan fingerprint density at radius 1 is 1.20 bits per heavy atom. The van der Waals surface area contributed by atoms with Gasteiger partial charge in [0, 0.05) is 39.3 Å². The van der Waals surface area contributed by atoms with Crippen LogP contribution in [0.15, 0.2) is 16.8 Å². The second kappa shape index (κ2) is 9.55. The Morgan fingerprint density at radius 3 is 2.72 bits per heavy atom. The van der Waals surface area contributed by atoms with Crippen LogP contribution < -0.4 is 5.32 Å². The second-order valence-electron chi connectivity index (χ2n) is 7.12. The van der Waals surface area contributed by atoms with Crippen LogP contribution in [-0.2, 0) is 0 Å². The summed E-state index contributed by atoms with van der Waals surface area (Å²) in [7, 11) is 0. The first kappa shape index (κ1) is 18.7. The molecule has 1 unspecified atom stereocenters. The Morgan fingerprint density at radius 2 is 2.00 bits per heavy atom. The van der Waals surface area contributed by atoms with E-state index in [1.165, 1.54) is 44.7 Å². The molecule has 1 aromatic heterocycles. The number of amides is 2. The number of likely N-dealkylation sites (N-methyl/N-ethyl adjacent to an activating group) is 1. The number of carbonyl (C=O) groups excluding carboxylic acids is 1. The summed E-state index contributed by atoms with van der Waals surface area (Å²) in [5.74, 6) is 0. The molecule has 5 nitrogen and oxygen atoms in total. The molecule has 25 heavy (non-hydrogen) atoms. The van der Waals surface area contributed by atoms with E-state index in [1.54, 1.807) is 11.3 Å². The zero-order valence-electron chi connectivity index (χ0n) is 15.5. The van der Waals surface area contributed by atoms with Gasteiger partial charge in [-0.25, -0.2) is 4.79 Å². The summed E-state index contributed by atoms with van der Waals surface area (Å²) in [6.07, 6.45) is 4.43. The summed E-state index contributed by atoms with van der Waals surface area (Å²) in [6, 6.07) is 2.55. The Labute approximate surface area is 156 Å². The molecule has 0 aromatic carbocycles. The Kier molecular flexibility index (Phi) is 7.13. The zero-order valence-corrected chi connectivity index (χ0v) is 16.3. The van der Waals surface area contributed by atoms with Crippen LogP contribution in [0.4, 0.5) is 4.79 Å². The maximum absolute atomic E-state index is 12.5. The number of likely N-dealkylation sites (tertiary alicyclic amines) is 1. The highest BCUT2D eigenvalue weighted by atomic mass is 32.1. The highest BCUT2D eigenvalue weighted by Gasteiger charge is 2.29. The number of thiophene rings is 1. The van der Waals surface area contributed by atoms with E-state index in [0.29, 0.717) is 0 Å². The summed E-state index contributed by atoms with van der Waals surface area (Å²) < 4.78 is 0. The SMILES string of the molecule is CCN1CCN(CCCCNC(=O)N2CCCC2c2ccsc2)CC1. The maximum atomic E-state index is 12.5. The first-order valence-electron chi connectivity index (χ1n) is 9.79. The molecule has 1 atom stereocenters. The van der Waals surface area contributed by atoms with E-state index in [9.17, 15) is 4.79 Å². The van der Waals surface area contributed by atoms with Crippen molar-refractivity contribution in [2.24, 2.45) is 0 Å². The average Bonchev–Trinajstić information content (AvgIpc) is 3.32. The van der Waals surface area contributed by atoms with Crippen molar-refractivity contribution in [3.63, 3.8) is 0 Å². The van der Waals surface area contributed by atoms with Gasteiger partial charge in [0.1, 0.15) is 0 Å². The average molecular weight is 365 g/mol. The summed E-state index contributed by atoms with van der Waals surface area (Å²) in [5.41, 5.74) is 1.30. The first-order valence-corrected chi connectivity index (χ1v) is 10.7. The lowest BCUT2D eigenvalue weighted by Gasteiger charge is -2.34. The van der Waals surface area contributed by atoms with Crippen LogP contribution in [0.3, 0.4) is 0 Å². The molecular weight excluding hydrogens is 332 g/mol. The Balaban J connectivity index is 1.30. The fourth-order valence-electron chi connectivity index (χ4n) is 3.91. The van der Waals surface area contributed by atoms with Crippen LogP contribution >= 0.6 is 11.3 Å². The summed E-state index contributed by atoms with van der Waals surface area (Å²) in [5, 5.41) is 7.41. The van der Waals surface area contributed by atoms with Crippen LogP contribution in [0.1, 0.15) is 44.2 Å². The van der Waals surface area contributed by atoms with E-state index >= 15 is 0 Å². The molecule has 6 heteroatoms. The fraction of sp³-hybridized carbons (Fsp3) is 0.737. The fourth-order valence-corrected chi connectivity index (χ4v) is 4.61. The van der Waals surface area contributed by atoms with Crippen molar-refractivity contribution >= 4 is 17.4 Å². The van der Waals surface area contributed by atoms with E-state index in [0.717, 1.165) is 38.9 Å². The van der Waals surface area contributed by atoms with Crippen LogP contribution in [0.5, 0.6) is 0 Å². The van der Waals surface area contributed by atoms with Crippen LogP contribution in [0.2, 0.25) is 0 Å². The third-order valence-electron chi connectivity index (χ3n) is 5.53. The number of piperazine rings is 1. The highest BCUT2D eigenvalue weighted by Crippen LogP contribution is 2.32. The third kappa shape index (κ3) is 5.19. The topological polar surface area (TPSA) is 38.8 Å². The Bertz CT molecular complexity index is 514. The monoisotopic (exact) mass is 364 g/mol. The first-order chi connectivity index (χ1) is 12.3. The largest absolute Gasteiger partial charge is 0.338 e. The lowest BCUT2D eigenvalue weighted by Crippen LogP contribution is -2.46. The molecule has 1 N–H and O–H groups in total. The van der Waals surface area contributed by atoms with Gasteiger partial charge in [0.05, 0.1) is 6.04 Å². The molecule has 0 saturated carbocycles. The minimum absolute atomic E-state index is 0.116. The number of urea groups is 1. The van der Waals surface area contributed by atoms with Crippen LogP contribution in [-0.4, -0.2) is 73.1 Å². The van der Waals surface area contributed by atoms with Gasteiger partial charge in [0.15, 0.2) is 0 Å². The third-order valence-corrected chi connectivity index (χ3v) is 6.23. The molecule has 0 aliphatic carbocycles. The lowest BCUT2D eigenvalue weighted by molar-refractivity contribution is 0.135. The normalized spacial score (nSPS) is 22.4. The molecule has 0 bridgehead atoms. The molecule has 140 valence electrons. The molecular formula is C19H32N4OS. The lowest BCUT2D eigenvalue weighted by atomic mass is 10.1. The molecule has 2 aliphatic rings. The van der Waals surface area contributed by atoms with Crippen LogP contribution in [0, 0.1) is 0 Å². The van der Waals surface area contributed by atoms with Crippen molar-refractivity contribution in [3.05, 3.63) is 22.4 Å². The van der Waals surface area contributed by atoms with Crippen molar-refractivity contribution < 1.29 is 4.79 Å². The van der Waals surface area contributed by atoms with Crippen molar-refractivity contribution in [1.29, 1.82) is 0 Å². The van der Waals surface area contributed by atoms with Crippen molar-refractivity contribution in [1.82, 2.24) is 20.0 Å². The van der Waals surface area contributed by atoms with E-state index < -0.39 is 0 Å². The Hall–Kier alpha value is -1.11. The van der Waals surface area contributed by atoms with Crippen LogP contribution in [0.25, 0.3) is 0 Å². The number of hydrogen-bond donors (Lipinski definition) is 1. The number of carbonyl (C=O) groups is 1. The van der Waals surface area contributed by atoms with Gasteiger partial charge < -0.3 is 20.0 Å². The number of nitrogens with zero attached hydrogens (tertiary/aromatic N) is 3. The molecule has 0 radical (unpaired) electrons. The molecule has 3 heterocycles. The van der Waals surface area contributed by atoms with E-state index in [1.807, 2.05) is 4.90 Å². The van der Waals surface area contributed by atoms with Gasteiger partial charge in [-0.2, -0.15) is 11.3 Å². The summed E-state index contributed by atoms with van der Waals surface area (Å²) >= 11 is 1.71. The predicted molar refractivity (Wildman–Crippen MR) is 104 cm³/mol.